The molecule has 0 aliphatic rings. The first-order valence-electron chi connectivity index (χ1n) is 3.87. The monoisotopic (exact) mass is 190 g/mol. The smallest absolute Gasteiger partial charge is 0.127 e. The predicted octanol–water partition coefficient (Wildman–Crippen LogP) is 3.14. The van der Waals surface area contributed by atoms with E-state index in [1.54, 1.807) is 12.2 Å². The Bertz CT molecular complexity index is 314. The molecule has 0 N–H and O–H groups in total. The van der Waals surface area contributed by atoms with E-state index in [9.17, 15) is 0 Å². The average molecular weight is 190 g/mol. The lowest BCUT2D eigenvalue weighted by molar-refractivity contribution is 0.446. The molecular weight excluding hydrogens is 180 g/mol. The van der Waals surface area contributed by atoms with Crippen molar-refractivity contribution in [2.75, 3.05) is 0 Å². The fraction of sp³-hybridized carbons (Fsp3) is 0. The molecule has 0 radical (unpaired) electrons. The number of para-hydroxylation sites is 1. The van der Waals surface area contributed by atoms with Crippen LogP contribution in [0.1, 0.15) is 0 Å². The molecule has 0 bridgehead atoms. The largest absolute Gasteiger partial charge is 0.457 e. The van der Waals surface area contributed by atoms with Crippen LogP contribution in [-0.2, 0) is 0 Å². The Balaban J connectivity index is 2.73. The van der Waals surface area contributed by atoms with E-state index in [4.69, 9.17) is 4.74 Å². The molecule has 1 rings (SSSR count). The second-order valence-corrected chi connectivity index (χ2v) is 2.60. The Hall–Kier alpha value is -1.41. The molecule has 0 saturated heterocycles. The van der Waals surface area contributed by atoms with Crippen LogP contribution in [0.25, 0.3) is 0 Å². The summed E-state index contributed by atoms with van der Waals surface area (Å²) in [7, 11) is 0. The van der Waals surface area contributed by atoms with E-state index in [1.807, 2.05) is 30.3 Å². The Morgan fingerprint density at radius 3 is 2.54 bits per heavy atom. The van der Waals surface area contributed by atoms with Crippen molar-refractivity contribution in [1.29, 1.82) is 0 Å². The van der Waals surface area contributed by atoms with Gasteiger partial charge >= 0.3 is 0 Å². The molecule has 0 aliphatic heterocycles. The summed E-state index contributed by atoms with van der Waals surface area (Å²) in [5, 5.41) is 1.50. The molecule has 1 nitrogen and oxygen atoms in total. The van der Waals surface area contributed by atoms with E-state index in [0.29, 0.717) is 5.76 Å². The van der Waals surface area contributed by atoms with Crippen molar-refractivity contribution in [2.24, 2.45) is 0 Å². The highest BCUT2D eigenvalue weighted by Crippen LogP contribution is 2.12. The quantitative estimate of drug-likeness (QED) is 0.312. The van der Waals surface area contributed by atoms with E-state index in [1.165, 1.54) is 5.37 Å². The zero-order valence-corrected chi connectivity index (χ0v) is 7.96. The van der Waals surface area contributed by atoms with Crippen LogP contribution in [-0.4, -0.2) is 5.37 Å². The maximum Gasteiger partial charge on any atom is 0.127 e. The van der Waals surface area contributed by atoms with Gasteiger partial charge in [-0.2, -0.15) is 0 Å². The van der Waals surface area contributed by atoms with Gasteiger partial charge in [-0.1, -0.05) is 37.0 Å². The van der Waals surface area contributed by atoms with Gasteiger partial charge in [-0.15, -0.1) is 0 Å². The van der Waals surface area contributed by atoms with Gasteiger partial charge in [-0.3, -0.25) is 0 Å². The number of thiocarbonyl (C=S) groups is 1. The lowest BCUT2D eigenvalue weighted by Crippen LogP contribution is -1.91. The van der Waals surface area contributed by atoms with Gasteiger partial charge in [0.05, 0.1) is 0 Å². The molecule has 0 aliphatic carbocycles. The second kappa shape index (κ2) is 5.27. The lowest BCUT2D eigenvalue weighted by Gasteiger charge is -2.04. The van der Waals surface area contributed by atoms with E-state index in [2.05, 4.69) is 18.8 Å². The van der Waals surface area contributed by atoms with Crippen LogP contribution >= 0.6 is 12.2 Å². The van der Waals surface area contributed by atoms with Crippen molar-refractivity contribution >= 4 is 17.6 Å². The van der Waals surface area contributed by atoms with Crippen molar-refractivity contribution in [1.82, 2.24) is 0 Å². The maximum atomic E-state index is 5.45. The highest BCUT2D eigenvalue weighted by molar-refractivity contribution is 7.79. The van der Waals surface area contributed by atoms with Crippen molar-refractivity contribution in [3.05, 3.63) is 54.8 Å². The Labute approximate surface area is 83.3 Å². The van der Waals surface area contributed by atoms with Gasteiger partial charge in [0.25, 0.3) is 0 Å². The number of allylic oxidation sites excluding steroid dienone is 2. The Morgan fingerprint density at radius 1 is 1.31 bits per heavy atom. The van der Waals surface area contributed by atoms with Crippen LogP contribution in [0.4, 0.5) is 0 Å². The van der Waals surface area contributed by atoms with Gasteiger partial charge in [0, 0.05) is 5.37 Å². The summed E-state index contributed by atoms with van der Waals surface area (Å²) in [6, 6.07) is 9.51. The molecule has 0 spiro atoms. The van der Waals surface area contributed by atoms with Crippen LogP contribution in [0.15, 0.2) is 54.8 Å². The van der Waals surface area contributed by atoms with Gasteiger partial charge in [-0.05, 0) is 24.3 Å². The highest BCUT2D eigenvalue weighted by Gasteiger charge is 1.93. The van der Waals surface area contributed by atoms with Gasteiger partial charge in [0.2, 0.25) is 0 Å². The van der Waals surface area contributed by atoms with E-state index in [-0.39, 0.29) is 0 Å². The zero-order chi connectivity index (χ0) is 9.52. The summed E-state index contributed by atoms with van der Waals surface area (Å²) < 4.78 is 5.45. The summed E-state index contributed by atoms with van der Waals surface area (Å²) >= 11 is 4.68. The van der Waals surface area contributed by atoms with Crippen molar-refractivity contribution in [2.45, 2.75) is 0 Å². The summed E-state index contributed by atoms with van der Waals surface area (Å²) in [4.78, 5) is 0. The van der Waals surface area contributed by atoms with Crippen LogP contribution in [0.3, 0.4) is 0 Å². The first-order chi connectivity index (χ1) is 6.36. The number of ether oxygens (including phenoxy) is 1. The predicted molar refractivity (Wildman–Crippen MR) is 59.0 cm³/mol. The van der Waals surface area contributed by atoms with Crippen LogP contribution < -0.4 is 4.74 Å². The van der Waals surface area contributed by atoms with Crippen molar-refractivity contribution < 1.29 is 4.74 Å². The van der Waals surface area contributed by atoms with Crippen LogP contribution in [0.2, 0.25) is 0 Å². The third-order valence-corrected chi connectivity index (χ3v) is 1.55. The molecule has 66 valence electrons. The van der Waals surface area contributed by atoms with Gasteiger partial charge in [0.1, 0.15) is 11.5 Å². The van der Waals surface area contributed by atoms with Crippen molar-refractivity contribution in [3.63, 3.8) is 0 Å². The average Bonchev–Trinajstić information content (AvgIpc) is 2.19. The number of rotatable bonds is 4. The van der Waals surface area contributed by atoms with E-state index >= 15 is 0 Å². The fourth-order valence-corrected chi connectivity index (χ4v) is 0.970. The lowest BCUT2D eigenvalue weighted by atomic mass is 10.3. The topological polar surface area (TPSA) is 9.23 Å². The Kier molecular flexibility index (Phi) is 3.93. The minimum atomic E-state index is 0.654. The summed E-state index contributed by atoms with van der Waals surface area (Å²) in [6.07, 6.45) is 3.31. The zero-order valence-electron chi connectivity index (χ0n) is 7.14. The SMILES string of the molecule is C=C/C(=C\C=S)Oc1ccccc1. The minimum Gasteiger partial charge on any atom is -0.457 e. The first-order valence-corrected chi connectivity index (χ1v) is 4.34. The molecule has 0 fully saturated rings. The normalized spacial score (nSPS) is 10.6. The molecule has 0 atom stereocenters. The van der Waals surface area contributed by atoms with Crippen LogP contribution in [0, 0.1) is 0 Å². The molecule has 0 saturated carbocycles. The number of benzene rings is 1. The van der Waals surface area contributed by atoms with Crippen molar-refractivity contribution in [3.8, 4) is 5.75 Å². The number of hydrogen-bond donors (Lipinski definition) is 0. The summed E-state index contributed by atoms with van der Waals surface area (Å²) in [6.45, 7) is 3.62. The molecule has 0 amide bonds. The molecule has 0 heterocycles. The fourth-order valence-electron chi connectivity index (χ4n) is 0.835. The second-order valence-electron chi connectivity index (χ2n) is 2.32. The number of hydrogen-bond acceptors (Lipinski definition) is 2. The summed E-state index contributed by atoms with van der Waals surface area (Å²) in [5.41, 5.74) is 0. The van der Waals surface area contributed by atoms with E-state index < -0.39 is 0 Å². The molecular formula is C11H10OS. The molecule has 13 heavy (non-hydrogen) atoms. The molecule has 0 aromatic heterocycles. The first kappa shape index (κ1) is 9.68. The van der Waals surface area contributed by atoms with Gasteiger partial charge in [0.15, 0.2) is 0 Å². The van der Waals surface area contributed by atoms with Crippen LogP contribution in [0.5, 0.6) is 5.75 Å². The Morgan fingerprint density at radius 2 is 2.00 bits per heavy atom. The van der Waals surface area contributed by atoms with E-state index in [0.717, 1.165) is 5.75 Å². The third-order valence-electron chi connectivity index (χ3n) is 1.41. The molecule has 1 aromatic rings. The molecule has 2 heteroatoms. The van der Waals surface area contributed by atoms with Gasteiger partial charge in [-0.25, -0.2) is 0 Å². The maximum absolute atomic E-state index is 5.45. The molecule has 1 aromatic carbocycles. The van der Waals surface area contributed by atoms with Gasteiger partial charge < -0.3 is 4.74 Å². The minimum absolute atomic E-state index is 0.654. The third kappa shape index (κ3) is 3.22. The summed E-state index contributed by atoms with van der Waals surface area (Å²) in [5.74, 6) is 1.44. The molecule has 0 unspecified atom stereocenters. The standard InChI is InChI=1S/C11H10OS/c1-2-10(8-9-13)12-11-6-4-3-5-7-11/h2-9H,1H2/b10-8+. The highest BCUT2D eigenvalue weighted by atomic mass is 32.1.